The standard InChI is InChI=1S/C22H34N2O5/c1-16-7-5-6-12-24(16)13-14-28-18-10-8-17(9-11-18)15-19(20(25)26)23-21(27)29-22(2,3)4/h8-11,16,19H,5-7,12-15H2,1-4H3,(H,23,27)(H,25,26). The third kappa shape index (κ3) is 8.31. The molecular weight excluding hydrogens is 372 g/mol. The predicted octanol–water partition coefficient (Wildman–Crippen LogP) is 3.46. The van der Waals surface area contributed by atoms with E-state index in [9.17, 15) is 14.7 Å². The van der Waals surface area contributed by atoms with E-state index >= 15 is 0 Å². The Bertz CT molecular complexity index is 669. The highest BCUT2D eigenvalue weighted by atomic mass is 16.6. The number of hydrogen-bond acceptors (Lipinski definition) is 5. The molecule has 1 heterocycles. The number of piperidine rings is 1. The largest absolute Gasteiger partial charge is 0.492 e. The van der Waals surface area contributed by atoms with Gasteiger partial charge in [0.15, 0.2) is 0 Å². The molecule has 2 rings (SSSR count). The summed E-state index contributed by atoms with van der Waals surface area (Å²) in [5.74, 6) is -0.350. The zero-order valence-electron chi connectivity index (χ0n) is 17.9. The van der Waals surface area contributed by atoms with Gasteiger partial charge in [0, 0.05) is 19.0 Å². The average Bonchev–Trinajstić information content (AvgIpc) is 2.62. The number of alkyl carbamates (subject to hydrolysis) is 1. The van der Waals surface area contributed by atoms with Crippen molar-refractivity contribution in [3.8, 4) is 5.75 Å². The fourth-order valence-corrected chi connectivity index (χ4v) is 3.38. The van der Waals surface area contributed by atoms with Gasteiger partial charge >= 0.3 is 12.1 Å². The third-order valence-corrected chi connectivity index (χ3v) is 4.94. The van der Waals surface area contributed by atoms with E-state index in [1.165, 1.54) is 19.3 Å². The van der Waals surface area contributed by atoms with Crippen molar-refractivity contribution in [3.63, 3.8) is 0 Å². The number of carbonyl (C=O) groups is 2. The normalized spacial score (nSPS) is 18.7. The maximum atomic E-state index is 11.9. The predicted molar refractivity (Wildman–Crippen MR) is 111 cm³/mol. The van der Waals surface area contributed by atoms with Gasteiger partial charge < -0.3 is 19.9 Å². The van der Waals surface area contributed by atoms with E-state index in [0.717, 1.165) is 24.4 Å². The summed E-state index contributed by atoms with van der Waals surface area (Å²) < 4.78 is 11.0. The smallest absolute Gasteiger partial charge is 0.408 e. The molecule has 1 aromatic rings. The van der Waals surface area contributed by atoms with Crippen molar-refractivity contribution in [1.82, 2.24) is 10.2 Å². The fraction of sp³-hybridized carbons (Fsp3) is 0.636. The second-order valence-corrected chi connectivity index (χ2v) is 8.61. The van der Waals surface area contributed by atoms with Crippen molar-refractivity contribution in [1.29, 1.82) is 0 Å². The van der Waals surface area contributed by atoms with Crippen LogP contribution < -0.4 is 10.1 Å². The average molecular weight is 407 g/mol. The van der Waals surface area contributed by atoms with Crippen molar-refractivity contribution in [2.24, 2.45) is 0 Å². The summed E-state index contributed by atoms with van der Waals surface area (Å²) in [7, 11) is 0. The van der Waals surface area contributed by atoms with Crippen LogP contribution in [0.4, 0.5) is 4.79 Å². The Morgan fingerprint density at radius 2 is 1.93 bits per heavy atom. The van der Waals surface area contributed by atoms with Gasteiger partial charge in [0.2, 0.25) is 0 Å². The van der Waals surface area contributed by atoms with Crippen LogP contribution in [0.5, 0.6) is 5.75 Å². The molecule has 2 unspecified atom stereocenters. The van der Waals surface area contributed by atoms with Crippen molar-refractivity contribution in [3.05, 3.63) is 29.8 Å². The molecule has 1 saturated heterocycles. The number of nitrogens with one attached hydrogen (secondary N) is 1. The number of amides is 1. The molecule has 1 aromatic carbocycles. The number of likely N-dealkylation sites (tertiary alicyclic amines) is 1. The van der Waals surface area contributed by atoms with Gasteiger partial charge in [-0.05, 0) is 64.8 Å². The molecule has 29 heavy (non-hydrogen) atoms. The number of carboxylic acids is 1. The topological polar surface area (TPSA) is 88.1 Å². The fourth-order valence-electron chi connectivity index (χ4n) is 3.38. The Morgan fingerprint density at radius 3 is 2.52 bits per heavy atom. The number of carbonyl (C=O) groups excluding carboxylic acids is 1. The van der Waals surface area contributed by atoms with Crippen LogP contribution in [-0.2, 0) is 16.0 Å². The summed E-state index contributed by atoms with van der Waals surface area (Å²) in [4.78, 5) is 25.8. The Morgan fingerprint density at radius 1 is 1.24 bits per heavy atom. The molecule has 0 bridgehead atoms. The highest BCUT2D eigenvalue weighted by Gasteiger charge is 2.24. The lowest BCUT2D eigenvalue weighted by molar-refractivity contribution is -0.139. The first-order valence-electron chi connectivity index (χ1n) is 10.3. The Labute approximate surface area is 173 Å². The third-order valence-electron chi connectivity index (χ3n) is 4.94. The second-order valence-electron chi connectivity index (χ2n) is 8.61. The molecule has 0 aliphatic carbocycles. The molecule has 2 atom stereocenters. The Hall–Kier alpha value is -2.28. The lowest BCUT2D eigenvalue weighted by Gasteiger charge is -2.33. The summed E-state index contributed by atoms with van der Waals surface area (Å²) >= 11 is 0. The Kier molecular flexibility index (Phi) is 8.32. The zero-order valence-corrected chi connectivity index (χ0v) is 17.9. The number of carboxylic acid groups (broad SMARTS) is 1. The van der Waals surface area contributed by atoms with Gasteiger partial charge in [-0.15, -0.1) is 0 Å². The molecule has 0 radical (unpaired) electrons. The van der Waals surface area contributed by atoms with Crippen molar-refractivity contribution >= 4 is 12.1 Å². The van der Waals surface area contributed by atoms with Gasteiger partial charge in [-0.25, -0.2) is 9.59 Å². The van der Waals surface area contributed by atoms with Crippen molar-refractivity contribution < 1.29 is 24.2 Å². The van der Waals surface area contributed by atoms with Crippen LogP contribution >= 0.6 is 0 Å². The molecular formula is C22H34N2O5. The maximum Gasteiger partial charge on any atom is 0.408 e. The molecule has 0 spiro atoms. The van der Waals surface area contributed by atoms with Crippen LogP contribution in [0.3, 0.4) is 0 Å². The van der Waals surface area contributed by atoms with Crippen molar-refractivity contribution in [2.45, 2.75) is 71.1 Å². The molecule has 7 nitrogen and oxygen atoms in total. The van der Waals surface area contributed by atoms with E-state index in [-0.39, 0.29) is 6.42 Å². The number of ether oxygens (including phenoxy) is 2. The van der Waals surface area contributed by atoms with E-state index in [4.69, 9.17) is 9.47 Å². The van der Waals surface area contributed by atoms with E-state index in [2.05, 4.69) is 17.1 Å². The molecule has 0 aromatic heterocycles. The van der Waals surface area contributed by atoms with Crippen LogP contribution in [0.1, 0.15) is 52.5 Å². The van der Waals surface area contributed by atoms with Gasteiger partial charge in [0.05, 0.1) is 0 Å². The van der Waals surface area contributed by atoms with Crippen LogP contribution in [0, 0.1) is 0 Å². The van der Waals surface area contributed by atoms with E-state index in [1.807, 2.05) is 24.3 Å². The SMILES string of the molecule is CC1CCCCN1CCOc1ccc(CC(NC(=O)OC(C)(C)C)C(=O)O)cc1. The number of aliphatic carboxylic acids is 1. The molecule has 1 fully saturated rings. The van der Waals surface area contributed by atoms with Crippen molar-refractivity contribution in [2.75, 3.05) is 19.7 Å². The van der Waals surface area contributed by atoms with Gasteiger partial charge in [-0.1, -0.05) is 18.6 Å². The zero-order chi connectivity index (χ0) is 21.4. The minimum Gasteiger partial charge on any atom is -0.492 e. The number of nitrogens with zero attached hydrogens (tertiary/aromatic N) is 1. The van der Waals surface area contributed by atoms with E-state index < -0.39 is 23.7 Å². The van der Waals surface area contributed by atoms with Crippen LogP contribution in [-0.4, -0.2) is 59.5 Å². The van der Waals surface area contributed by atoms with Gasteiger partial charge in [-0.2, -0.15) is 0 Å². The first-order valence-corrected chi connectivity index (χ1v) is 10.3. The van der Waals surface area contributed by atoms with E-state index in [1.54, 1.807) is 20.8 Å². The minimum atomic E-state index is -1.10. The molecule has 7 heteroatoms. The summed E-state index contributed by atoms with van der Waals surface area (Å²) in [6, 6.07) is 6.87. The van der Waals surface area contributed by atoms with Gasteiger partial charge in [-0.3, -0.25) is 4.90 Å². The molecule has 1 aliphatic heterocycles. The summed E-state index contributed by atoms with van der Waals surface area (Å²) in [6.07, 6.45) is 3.23. The number of benzene rings is 1. The summed E-state index contributed by atoms with van der Waals surface area (Å²) in [6.45, 7) is 10.1. The highest BCUT2D eigenvalue weighted by molar-refractivity contribution is 5.80. The summed E-state index contributed by atoms with van der Waals surface area (Å²) in [5, 5.41) is 11.8. The Balaban J connectivity index is 1.82. The molecule has 0 saturated carbocycles. The second kappa shape index (κ2) is 10.5. The van der Waals surface area contributed by atoms with Gasteiger partial charge in [0.1, 0.15) is 24.0 Å². The van der Waals surface area contributed by atoms with Crippen LogP contribution in [0.25, 0.3) is 0 Å². The number of rotatable bonds is 8. The minimum absolute atomic E-state index is 0.167. The quantitative estimate of drug-likeness (QED) is 0.687. The lowest BCUT2D eigenvalue weighted by Crippen LogP contribution is -2.44. The first kappa shape index (κ1) is 23.0. The van der Waals surface area contributed by atoms with Gasteiger partial charge in [0.25, 0.3) is 0 Å². The molecule has 2 N–H and O–H groups in total. The molecule has 162 valence electrons. The first-order chi connectivity index (χ1) is 13.6. The van der Waals surface area contributed by atoms with E-state index in [0.29, 0.717) is 12.6 Å². The molecule has 1 aliphatic rings. The number of hydrogen-bond donors (Lipinski definition) is 2. The molecule has 1 amide bonds. The van der Waals surface area contributed by atoms with Crippen LogP contribution in [0.15, 0.2) is 24.3 Å². The maximum absolute atomic E-state index is 11.9. The lowest BCUT2D eigenvalue weighted by atomic mass is 10.0. The summed E-state index contributed by atoms with van der Waals surface area (Å²) in [5.41, 5.74) is 0.114. The monoisotopic (exact) mass is 406 g/mol. The van der Waals surface area contributed by atoms with Crippen LogP contribution in [0.2, 0.25) is 0 Å². The highest BCUT2D eigenvalue weighted by Crippen LogP contribution is 2.17.